The summed E-state index contributed by atoms with van der Waals surface area (Å²) in [6.45, 7) is 1.98. The van der Waals surface area contributed by atoms with Crippen LogP contribution in [0.2, 0.25) is 0 Å². The van der Waals surface area contributed by atoms with Crippen LogP contribution in [0.3, 0.4) is 0 Å². The number of ether oxygens (including phenoxy) is 3. The van der Waals surface area contributed by atoms with E-state index in [1.165, 1.54) is 0 Å². The number of pyridine rings is 1. The van der Waals surface area contributed by atoms with E-state index in [2.05, 4.69) is 4.98 Å². The fourth-order valence-electron chi connectivity index (χ4n) is 3.41. The Hall–Kier alpha value is -3.80. The van der Waals surface area contributed by atoms with Crippen LogP contribution < -0.4 is 19.9 Å². The van der Waals surface area contributed by atoms with Gasteiger partial charge in [0.2, 0.25) is 5.91 Å². The van der Waals surface area contributed by atoms with Crippen LogP contribution >= 0.6 is 0 Å². The maximum atomic E-state index is 11.7. The van der Waals surface area contributed by atoms with Crippen LogP contribution in [0.15, 0.2) is 54.7 Å². The first kappa shape index (κ1) is 18.6. The van der Waals surface area contributed by atoms with E-state index in [9.17, 15) is 4.79 Å². The average Bonchev–Trinajstić information content (AvgIpc) is 2.73. The molecule has 0 fully saturated rings. The highest BCUT2D eigenvalue weighted by molar-refractivity contribution is 6.07. The lowest BCUT2D eigenvalue weighted by atomic mass is 9.99. The quantitative estimate of drug-likeness (QED) is 0.540. The number of carbonyl (C=O) groups is 1. The third kappa shape index (κ3) is 3.29. The second kappa shape index (κ2) is 7.31. The fourth-order valence-corrected chi connectivity index (χ4v) is 3.41. The highest BCUT2D eigenvalue weighted by atomic mass is 16.5. The molecule has 6 heteroatoms. The molecule has 3 aromatic carbocycles. The molecule has 0 atom stereocenters. The lowest BCUT2D eigenvalue weighted by Crippen LogP contribution is -2.11. The minimum atomic E-state index is -0.454. The van der Waals surface area contributed by atoms with Gasteiger partial charge in [0.25, 0.3) is 0 Å². The molecule has 0 unspecified atom stereocenters. The van der Waals surface area contributed by atoms with E-state index in [4.69, 9.17) is 19.9 Å². The first-order valence-electron chi connectivity index (χ1n) is 9.03. The average molecular weight is 388 g/mol. The van der Waals surface area contributed by atoms with Gasteiger partial charge >= 0.3 is 0 Å². The van der Waals surface area contributed by atoms with Gasteiger partial charge < -0.3 is 19.9 Å². The number of rotatable bonds is 5. The van der Waals surface area contributed by atoms with E-state index < -0.39 is 5.91 Å². The number of primary amides is 1. The van der Waals surface area contributed by atoms with Crippen molar-refractivity contribution in [2.45, 2.75) is 6.92 Å². The summed E-state index contributed by atoms with van der Waals surface area (Å²) < 4.78 is 16.9. The van der Waals surface area contributed by atoms with Crippen molar-refractivity contribution in [1.82, 2.24) is 4.98 Å². The van der Waals surface area contributed by atoms with Gasteiger partial charge in [0.15, 0.2) is 11.5 Å². The largest absolute Gasteiger partial charge is 0.493 e. The second-order valence-corrected chi connectivity index (χ2v) is 6.64. The van der Waals surface area contributed by atoms with Gasteiger partial charge in [-0.05, 0) is 59.7 Å². The fraction of sp³-hybridized carbons (Fsp3) is 0.130. The zero-order valence-electron chi connectivity index (χ0n) is 16.4. The molecule has 0 spiro atoms. The van der Waals surface area contributed by atoms with E-state index >= 15 is 0 Å². The number of aromatic nitrogens is 1. The summed E-state index contributed by atoms with van der Waals surface area (Å²) in [7, 11) is 3.17. The third-order valence-electron chi connectivity index (χ3n) is 4.91. The molecule has 6 nitrogen and oxygen atoms in total. The molecular formula is C23H20N2O4. The highest BCUT2D eigenvalue weighted by Gasteiger charge is 2.13. The lowest BCUT2D eigenvalue weighted by Gasteiger charge is -2.13. The van der Waals surface area contributed by atoms with E-state index in [1.54, 1.807) is 32.5 Å². The smallest absolute Gasteiger partial charge is 0.249 e. The van der Waals surface area contributed by atoms with Crippen LogP contribution in [0, 0.1) is 6.92 Å². The number of benzene rings is 3. The van der Waals surface area contributed by atoms with Gasteiger partial charge in [-0.2, -0.15) is 0 Å². The van der Waals surface area contributed by atoms with E-state index in [-0.39, 0.29) is 0 Å². The molecular weight excluding hydrogens is 368 g/mol. The Morgan fingerprint density at radius 2 is 1.62 bits per heavy atom. The minimum Gasteiger partial charge on any atom is -0.493 e. The molecule has 4 aromatic rings. The van der Waals surface area contributed by atoms with E-state index in [0.717, 1.165) is 27.2 Å². The topological polar surface area (TPSA) is 83.7 Å². The molecule has 0 saturated carbocycles. The molecule has 0 aliphatic rings. The normalized spacial score (nSPS) is 10.9. The van der Waals surface area contributed by atoms with Crippen molar-refractivity contribution < 1.29 is 19.0 Å². The number of nitrogens with two attached hydrogens (primary N) is 1. The molecule has 1 amide bonds. The number of amides is 1. The number of aryl methyl sites for hydroxylation is 1. The Morgan fingerprint density at radius 3 is 2.34 bits per heavy atom. The highest BCUT2D eigenvalue weighted by Crippen LogP contribution is 2.37. The predicted octanol–water partition coefficient (Wildman–Crippen LogP) is 4.60. The maximum absolute atomic E-state index is 11.7. The molecule has 0 aliphatic heterocycles. The Bertz CT molecular complexity index is 1250. The minimum absolute atomic E-state index is 0.454. The number of hydrogen-bond acceptors (Lipinski definition) is 5. The molecule has 0 radical (unpaired) electrons. The van der Waals surface area contributed by atoms with Gasteiger partial charge in [-0.25, -0.2) is 0 Å². The summed E-state index contributed by atoms with van der Waals surface area (Å²) in [6.07, 6.45) is 1.68. The van der Waals surface area contributed by atoms with Crippen LogP contribution in [0.5, 0.6) is 23.0 Å². The molecule has 2 N–H and O–H groups in total. The van der Waals surface area contributed by atoms with Crippen molar-refractivity contribution in [3.63, 3.8) is 0 Å². The van der Waals surface area contributed by atoms with Crippen molar-refractivity contribution >= 4 is 27.6 Å². The van der Waals surface area contributed by atoms with E-state index in [1.807, 2.05) is 43.3 Å². The molecule has 4 rings (SSSR count). The Morgan fingerprint density at radius 1 is 0.862 bits per heavy atom. The number of carbonyl (C=O) groups excluding carboxylic acids is 1. The Balaban J connectivity index is 1.81. The standard InChI is InChI=1S/C23H20N2O4/c1-13-4-6-16(23(24)26)15-7-5-14(10-17(13)15)29-20-8-9-25-19-12-22(28-3)21(27-2)11-18(19)20/h4-12H,1-3H3,(H2,24,26). The van der Waals surface area contributed by atoms with Crippen LogP contribution in [0.25, 0.3) is 21.7 Å². The van der Waals surface area contributed by atoms with Gasteiger partial charge in [0.05, 0.1) is 19.7 Å². The Labute approximate surface area is 167 Å². The Kier molecular flexibility index (Phi) is 4.68. The van der Waals surface area contributed by atoms with Crippen LogP contribution in [-0.2, 0) is 0 Å². The van der Waals surface area contributed by atoms with Crippen molar-refractivity contribution in [3.8, 4) is 23.0 Å². The van der Waals surface area contributed by atoms with Gasteiger partial charge in [0, 0.05) is 23.2 Å². The van der Waals surface area contributed by atoms with Crippen molar-refractivity contribution in [2.24, 2.45) is 5.73 Å². The maximum Gasteiger partial charge on any atom is 0.249 e. The summed E-state index contributed by atoms with van der Waals surface area (Å²) in [5, 5.41) is 2.51. The monoisotopic (exact) mass is 388 g/mol. The van der Waals surface area contributed by atoms with Gasteiger partial charge in [-0.1, -0.05) is 6.07 Å². The number of fused-ring (bicyclic) bond motifs is 2. The third-order valence-corrected chi connectivity index (χ3v) is 4.91. The number of nitrogens with zero attached hydrogens (tertiary/aromatic N) is 1. The summed E-state index contributed by atoms with van der Waals surface area (Å²) in [6, 6.07) is 14.7. The van der Waals surface area contributed by atoms with Crippen molar-refractivity contribution in [2.75, 3.05) is 14.2 Å². The van der Waals surface area contributed by atoms with Gasteiger partial charge in [-0.15, -0.1) is 0 Å². The molecule has 0 saturated heterocycles. The van der Waals surface area contributed by atoms with Crippen LogP contribution in [-0.4, -0.2) is 25.1 Å². The van der Waals surface area contributed by atoms with Gasteiger partial charge in [-0.3, -0.25) is 9.78 Å². The number of hydrogen-bond donors (Lipinski definition) is 1. The molecule has 29 heavy (non-hydrogen) atoms. The molecule has 0 bridgehead atoms. The molecule has 1 aromatic heterocycles. The zero-order chi connectivity index (χ0) is 20.5. The van der Waals surface area contributed by atoms with Gasteiger partial charge in [0.1, 0.15) is 11.5 Å². The van der Waals surface area contributed by atoms with Crippen molar-refractivity contribution in [1.29, 1.82) is 0 Å². The summed E-state index contributed by atoms with van der Waals surface area (Å²) in [5.41, 5.74) is 7.75. The second-order valence-electron chi connectivity index (χ2n) is 6.64. The van der Waals surface area contributed by atoms with E-state index in [0.29, 0.717) is 28.6 Å². The molecule has 146 valence electrons. The SMILES string of the molecule is COc1cc2nccc(Oc3ccc4c(C(N)=O)ccc(C)c4c3)c2cc1OC. The first-order chi connectivity index (χ1) is 14.0. The van der Waals surface area contributed by atoms with Crippen LogP contribution in [0.4, 0.5) is 0 Å². The summed E-state index contributed by atoms with van der Waals surface area (Å²) >= 11 is 0. The predicted molar refractivity (Wildman–Crippen MR) is 112 cm³/mol. The number of methoxy groups -OCH3 is 2. The molecule has 1 heterocycles. The summed E-state index contributed by atoms with van der Waals surface area (Å²) in [4.78, 5) is 16.1. The first-order valence-corrected chi connectivity index (χ1v) is 9.03. The van der Waals surface area contributed by atoms with Crippen LogP contribution in [0.1, 0.15) is 15.9 Å². The zero-order valence-corrected chi connectivity index (χ0v) is 16.4. The lowest BCUT2D eigenvalue weighted by molar-refractivity contribution is 0.100. The summed E-state index contributed by atoms with van der Waals surface area (Å²) in [5.74, 6) is 2.02. The van der Waals surface area contributed by atoms with Crippen molar-refractivity contribution in [3.05, 3.63) is 65.9 Å². The molecule has 0 aliphatic carbocycles.